The van der Waals surface area contributed by atoms with Gasteiger partial charge in [0, 0.05) is 0 Å². The Morgan fingerprint density at radius 3 is 2.62 bits per heavy atom. The van der Waals surface area contributed by atoms with E-state index in [0.29, 0.717) is 18.9 Å². The lowest BCUT2D eigenvalue weighted by atomic mass is 9.89. The van der Waals surface area contributed by atoms with Crippen molar-refractivity contribution in [3.63, 3.8) is 0 Å². The highest BCUT2D eigenvalue weighted by atomic mass is 16.7. The van der Waals surface area contributed by atoms with Gasteiger partial charge in [-0.2, -0.15) is 9.97 Å². The molecule has 3 heterocycles. The summed E-state index contributed by atoms with van der Waals surface area (Å²) in [5.41, 5.74) is 5.91. The van der Waals surface area contributed by atoms with E-state index >= 15 is 0 Å². The van der Waals surface area contributed by atoms with E-state index in [9.17, 15) is 4.79 Å². The first-order valence-electron chi connectivity index (χ1n) is 8.29. The fourth-order valence-corrected chi connectivity index (χ4v) is 3.25. The van der Waals surface area contributed by atoms with Crippen LogP contribution in [0.1, 0.15) is 39.0 Å². The number of fused-ring (bicyclic) bond motifs is 1. The predicted molar refractivity (Wildman–Crippen MR) is 85.6 cm³/mol. The highest BCUT2D eigenvalue weighted by Gasteiger charge is 2.26. The Hall–Kier alpha value is -2.13. The monoisotopic (exact) mass is 335 g/mol. The van der Waals surface area contributed by atoms with E-state index in [0.717, 1.165) is 31.6 Å². The summed E-state index contributed by atoms with van der Waals surface area (Å²) < 4.78 is 18.2. The van der Waals surface area contributed by atoms with Gasteiger partial charge >= 0.3 is 6.01 Å². The van der Waals surface area contributed by atoms with Crippen LogP contribution in [-0.4, -0.2) is 39.1 Å². The van der Waals surface area contributed by atoms with E-state index in [1.54, 1.807) is 0 Å². The van der Waals surface area contributed by atoms with E-state index < -0.39 is 6.41 Å². The lowest BCUT2D eigenvalue weighted by molar-refractivity contribution is -0.107. The Balaban J connectivity index is 1.67. The number of rotatable bonds is 3. The van der Waals surface area contributed by atoms with Crippen LogP contribution in [0.15, 0.2) is 4.79 Å². The number of hydrogen-bond acceptors (Lipinski definition) is 7. The quantitative estimate of drug-likeness (QED) is 0.864. The summed E-state index contributed by atoms with van der Waals surface area (Å²) >= 11 is 0. The molecule has 1 saturated heterocycles. The maximum absolute atomic E-state index is 12.1. The molecule has 9 heteroatoms. The van der Waals surface area contributed by atoms with Crippen LogP contribution in [0, 0.1) is 5.92 Å². The second kappa shape index (κ2) is 6.06. The zero-order valence-electron chi connectivity index (χ0n) is 13.5. The third kappa shape index (κ3) is 2.73. The molecular weight excluding hydrogens is 314 g/mol. The van der Waals surface area contributed by atoms with Gasteiger partial charge in [-0.1, -0.05) is 6.92 Å². The van der Waals surface area contributed by atoms with Gasteiger partial charge in [0.2, 0.25) is 0 Å². The van der Waals surface area contributed by atoms with Crippen LogP contribution < -0.4 is 16.0 Å². The standard InChI is InChI=1S/C15H21N5O4/c1-8-2-4-9(5-3-8)24-14-17-11(16)10-12(18-14)20(19-13(10)21)15-22-6-7-23-15/h8-9,15H,2-7H2,1H3,(H,19,21)(H2,16,17,18). The van der Waals surface area contributed by atoms with Gasteiger partial charge < -0.3 is 19.9 Å². The minimum atomic E-state index is -0.715. The molecule has 0 radical (unpaired) electrons. The van der Waals surface area contributed by atoms with E-state index in [-0.39, 0.29) is 28.9 Å². The van der Waals surface area contributed by atoms with Gasteiger partial charge in [-0.3, -0.25) is 9.89 Å². The van der Waals surface area contributed by atoms with Crippen LogP contribution in [0.25, 0.3) is 11.0 Å². The van der Waals surface area contributed by atoms with Crippen molar-refractivity contribution in [3.8, 4) is 6.01 Å². The molecule has 0 amide bonds. The first kappa shape index (κ1) is 15.4. The van der Waals surface area contributed by atoms with Crippen LogP contribution in [0.5, 0.6) is 6.01 Å². The Kier molecular flexibility index (Phi) is 3.89. The largest absolute Gasteiger partial charge is 0.460 e. The highest BCUT2D eigenvalue weighted by Crippen LogP contribution is 2.28. The van der Waals surface area contributed by atoms with Gasteiger partial charge in [0.15, 0.2) is 5.65 Å². The predicted octanol–water partition coefficient (Wildman–Crippen LogP) is 1.16. The third-order valence-corrected chi connectivity index (χ3v) is 4.62. The van der Waals surface area contributed by atoms with Crippen LogP contribution in [0.3, 0.4) is 0 Å². The lowest BCUT2D eigenvalue weighted by Crippen LogP contribution is -2.24. The Labute approximate surface area is 138 Å². The topological polar surface area (TPSA) is 117 Å². The summed E-state index contributed by atoms with van der Waals surface area (Å²) in [7, 11) is 0. The number of nitrogens with one attached hydrogen (secondary N) is 1. The molecule has 2 aromatic rings. The number of ether oxygens (including phenoxy) is 3. The number of aromatic amines is 1. The minimum absolute atomic E-state index is 0.0798. The van der Waals surface area contributed by atoms with Gasteiger partial charge in [-0.25, -0.2) is 4.68 Å². The van der Waals surface area contributed by atoms with Crippen LogP contribution in [0.2, 0.25) is 0 Å². The van der Waals surface area contributed by atoms with Crippen molar-refractivity contribution in [2.45, 2.75) is 45.1 Å². The summed E-state index contributed by atoms with van der Waals surface area (Å²) in [6, 6.07) is 0.185. The van der Waals surface area contributed by atoms with Crippen molar-refractivity contribution in [1.29, 1.82) is 0 Å². The molecule has 0 aromatic carbocycles. The average molecular weight is 335 g/mol. The molecule has 130 valence electrons. The van der Waals surface area contributed by atoms with Gasteiger partial charge in [0.1, 0.15) is 17.3 Å². The van der Waals surface area contributed by atoms with Crippen LogP contribution in [-0.2, 0) is 9.47 Å². The number of aromatic nitrogens is 4. The Morgan fingerprint density at radius 2 is 1.92 bits per heavy atom. The summed E-state index contributed by atoms with van der Waals surface area (Å²) in [4.78, 5) is 20.6. The zero-order chi connectivity index (χ0) is 16.7. The molecule has 9 nitrogen and oxygen atoms in total. The molecule has 4 rings (SSSR count). The zero-order valence-corrected chi connectivity index (χ0v) is 13.5. The highest BCUT2D eigenvalue weighted by molar-refractivity contribution is 5.85. The maximum atomic E-state index is 12.1. The molecule has 1 saturated carbocycles. The van der Waals surface area contributed by atoms with Crippen molar-refractivity contribution >= 4 is 16.9 Å². The summed E-state index contributed by atoms with van der Waals surface area (Å²) in [5, 5.41) is 2.87. The summed E-state index contributed by atoms with van der Waals surface area (Å²) in [6.45, 7) is 3.16. The van der Waals surface area contributed by atoms with Gasteiger partial charge in [0.25, 0.3) is 12.0 Å². The van der Waals surface area contributed by atoms with E-state index in [2.05, 4.69) is 22.0 Å². The van der Waals surface area contributed by atoms with Gasteiger partial charge in [0.05, 0.1) is 13.2 Å². The molecule has 2 fully saturated rings. The first-order valence-corrected chi connectivity index (χ1v) is 8.29. The van der Waals surface area contributed by atoms with Crippen molar-refractivity contribution < 1.29 is 14.2 Å². The maximum Gasteiger partial charge on any atom is 0.320 e. The Morgan fingerprint density at radius 1 is 1.21 bits per heavy atom. The fourth-order valence-electron chi connectivity index (χ4n) is 3.25. The molecule has 0 bridgehead atoms. The number of nitrogens with two attached hydrogens (primary N) is 1. The number of nitrogen functional groups attached to an aromatic ring is 1. The number of hydrogen-bond donors (Lipinski definition) is 2. The molecule has 1 aliphatic heterocycles. The molecule has 0 spiro atoms. The van der Waals surface area contributed by atoms with Crippen molar-refractivity contribution in [2.75, 3.05) is 18.9 Å². The number of anilines is 1. The summed E-state index contributed by atoms with van der Waals surface area (Å²) in [5.74, 6) is 0.821. The molecule has 1 aliphatic carbocycles. The normalized spacial score (nSPS) is 25.4. The average Bonchev–Trinajstić information content (AvgIpc) is 3.18. The van der Waals surface area contributed by atoms with Gasteiger partial charge in [-0.05, 0) is 31.6 Å². The molecule has 0 unspecified atom stereocenters. The third-order valence-electron chi connectivity index (χ3n) is 4.62. The van der Waals surface area contributed by atoms with Gasteiger partial charge in [-0.15, -0.1) is 0 Å². The lowest BCUT2D eigenvalue weighted by Gasteiger charge is -2.25. The second-order valence-electron chi connectivity index (χ2n) is 6.45. The van der Waals surface area contributed by atoms with E-state index in [1.807, 2.05) is 0 Å². The molecule has 0 atom stereocenters. The molecule has 24 heavy (non-hydrogen) atoms. The van der Waals surface area contributed by atoms with E-state index in [4.69, 9.17) is 19.9 Å². The first-order chi connectivity index (χ1) is 11.6. The second-order valence-corrected chi connectivity index (χ2v) is 6.45. The smallest absolute Gasteiger partial charge is 0.320 e. The van der Waals surface area contributed by atoms with Crippen molar-refractivity contribution in [3.05, 3.63) is 10.4 Å². The molecule has 2 aromatic heterocycles. The molecule has 3 N–H and O–H groups in total. The number of nitrogens with zero attached hydrogens (tertiary/aromatic N) is 3. The van der Waals surface area contributed by atoms with E-state index in [1.165, 1.54) is 4.68 Å². The van der Waals surface area contributed by atoms with Crippen molar-refractivity contribution in [1.82, 2.24) is 19.7 Å². The molecular formula is C15H21N5O4. The van der Waals surface area contributed by atoms with Crippen LogP contribution in [0.4, 0.5) is 5.82 Å². The fraction of sp³-hybridized carbons (Fsp3) is 0.667. The van der Waals surface area contributed by atoms with Crippen molar-refractivity contribution in [2.24, 2.45) is 5.92 Å². The summed E-state index contributed by atoms with van der Waals surface area (Å²) in [6.07, 6.45) is 3.56. The molecule has 2 aliphatic rings. The SMILES string of the molecule is CC1CCC(Oc2nc(N)c3c(=O)[nH]n(C4OCCO4)c3n2)CC1. The minimum Gasteiger partial charge on any atom is -0.460 e. The number of H-pyrrole nitrogens is 1. The Bertz CT molecular complexity index is 787. The van der Waals surface area contributed by atoms with Crippen LogP contribution >= 0.6 is 0 Å².